The Kier molecular flexibility index (Phi) is 5.92. The highest BCUT2D eigenvalue weighted by molar-refractivity contribution is 6.30. The highest BCUT2D eigenvalue weighted by atomic mass is 35.5. The number of ether oxygens (including phenoxy) is 1. The van der Waals surface area contributed by atoms with Crippen LogP contribution < -0.4 is 5.73 Å². The van der Waals surface area contributed by atoms with Crippen molar-refractivity contribution < 1.29 is 19.4 Å². The monoisotopic (exact) mass is 475 g/mol. The summed E-state index contributed by atoms with van der Waals surface area (Å²) in [5, 5.41) is 10.5. The number of rotatable bonds is 5. The maximum Gasteiger partial charge on any atom is 0.324 e. The highest BCUT2D eigenvalue weighted by Crippen LogP contribution is 2.45. The fraction of sp³-hybridized carbons (Fsp3) is 0.286. The van der Waals surface area contributed by atoms with Crippen molar-refractivity contribution in [3.8, 4) is 11.1 Å². The van der Waals surface area contributed by atoms with E-state index >= 15 is 0 Å². The van der Waals surface area contributed by atoms with Gasteiger partial charge in [-0.1, -0.05) is 72.3 Å². The van der Waals surface area contributed by atoms with Gasteiger partial charge in [0.15, 0.2) is 0 Å². The minimum Gasteiger partial charge on any atom is -0.480 e. The van der Waals surface area contributed by atoms with Crippen LogP contribution in [-0.2, 0) is 14.3 Å². The number of halogens is 1. The van der Waals surface area contributed by atoms with Gasteiger partial charge in [-0.15, -0.1) is 0 Å². The number of benzene rings is 3. The second kappa shape index (κ2) is 8.90. The molecule has 3 unspecified atom stereocenters. The first-order chi connectivity index (χ1) is 16.4. The third-order valence-electron chi connectivity index (χ3n) is 7.43. The molecule has 1 saturated carbocycles. The van der Waals surface area contributed by atoms with E-state index in [0.717, 1.165) is 27.8 Å². The Morgan fingerprint density at radius 3 is 2.15 bits per heavy atom. The van der Waals surface area contributed by atoms with Crippen molar-refractivity contribution in [2.75, 3.05) is 6.61 Å². The number of carbonyl (C=O) groups is 2. The van der Waals surface area contributed by atoms with Crippen molar-refractivity contribution in [3.63, 3.8) is 0 Å². The normalized spacial score (nSPS) is 23.7. The van der Waals surface area contributed by atoms with Crippen molar-refractivity contribution in [3.05, 3.63) is 94.5 Å². The van der Waals surface area contributed by atoms with E-state index in [2.05, 4.69) is 24.3 Å². The molecule has 0 saturated heterocycles. The lowest BCUT2D eigenvalue weighted by atomic mass is 9.67. The summed E-state index contributed by atoms with van der Waals surface area (Å²) in [5.74, 6) is -2.74. The zero-order chi connectivity index (χ0) is 23.9. The number of nitrogens with two attached hydrogens (primary N) is 1. The lowest BCUT2D eigenvalue weighted by Gasteiger charge is -2.40. The summed E-state index contributed by atoms with van der Waals surface area (Å²) in [5.41, 5.74) is 10.2. The molecule has 0 bridgehead atoms. The predicted octanol–water partition coefficient (Wildman–Crippen LogP) is 5.36. The van der Waals surface area contributed by atoms with E-state index in [1.54, 1.807) is 12.1 Å². The van der Waals surface area contributed by atoms with Gasteiger partial charge in [0, 0.05) is 10.9 Å². The van der Waals surface area contributed by atoms with Crippen LogP contribution >= 0.6 is 11.6 Å². The summed E-state index contributed by atoms with van der Waals surface area (Å²) in [7, 11) is 0. The first-order valence-electron chi connectivity index (χ1n) is 11.5. The van der Waals surface area contributed by atoms with Crippen LogP contribution in [-0.4, -0.2) is 29.2 Å². The Hall–Kier alpha value is -3.15. The average molecular weight is 476 g/mol. The fourth-order valence-corrected chi connectivity index (χ4v) is 5.63. The summed E-state index contributed by atoms with van der Waals surface area (Å²) in [6.45, 7) is 0.144. The van der Waals surface area contributed by atoms with Gasteiger partial charge >= 0.3 is 11.9 Å². The SMILES string of the molecule is NC1(C(=O)O)CCC(c2ccc(Cl)cc2)CC1C(=O)OCC1c2ccccc2-c2ccccc21. The predicted molar refractivity (Wildman–Crippen MR) is 131 cm³/mol. The second-order valence-corrected chi connectivity index (χ2v) is 9.71. The maximum absolute atomic E-state index is 13.3. The van der Waals surface area contributed by atoms with Crippen molar-refractivity contribution in [1.29, 1.82) is 0 Å². The van der Waals surface area contributed by atoms with Crippen LogP contribution in [0.25, 0.3) is 11.1 Å². The standard InChI is InChI=1S/C28H26ClNO4/c29-19-11-9-17(10-12-19)18-13-14-28(30,27(32)33)25(15-18)26(31)34-16-24-22-7-3-1-5-20(22)21-6-2-4-8-23(21)24/h1-12,18,24-25H,13-16,30H2,(H,32,33). The summed E-state index contributed by atoms with van der Waals surface area (Å²) < 4.78 is 5.82. The summed E-state index contributed by atoms with van der Waals surface area (Å²) in [6.07, 6.45) is 1.10. The molecular formula is C28H26ClNO4. The number of carboxylic acids is 1. The van der Waals surface area contributed by atoms with Crippen LogP contribution in [0.3, 0.4) is 0 Å². The molecule has 0 spiro atoms. The molecule has 0 radical (unpaired) electrons. The van der Waals surface area contributed by atoms with E-state index in [9.17, 15) is 14.7 Å². The molecule has 0 aliphatic heterocycles. The van der Waals surface area contributed by atoms with Gasteiger partial charge in [-0.2, -0.15) is 0 Å². The number of esters is 1. The minimum atomic E-state index is -1.65. The Morgan fingerprint density at radius 2 is 1.56 bits per heavy atom. The molecule has 5 nitrogen and oxygen atoms in total. The Labute approximate surface area is 203 Å². The van der Waals surface area contributed by atoms with Crippen LogP contribution in [0.15, 0.2) is 72.8 Å². The molecule has 5 rings (SSSR count). The van der Waals surface area contributed by atoms with Crippen LogP contribution in [0, 0.1) is 5.92 Å². The quantitative estimate of drug-likeness (QED) is 0.485. The van der Waals surface area contributed by atoms with Crippen molar-refractivity contribution in [1.82, 2.24) is 0 Å². The first-order valence-corrected chi connectivity index (χ1v) is 11.9. The largest absolute Gasteiger partial charge is 0.480 e. The average Bonchev–Trinajstić information content (AvgIpc) is 3.17. The molecule has 174 valence electrons. The molecule has 6 heteroatoms. The number of aliphatic carboxylic acids is 1. The number of hydrogen-bond acceptors (Lipinski definition) is 4. The molecule has 34 heavy (non-hydrogen) atoms. The van der Waals surface area contributed by atoms with E-state index < -0.39 is 23.4 Å². The summed E-state index contributed by atoms with van der Waals surface area (Å²) in [4.78, 5) is 25.5. The van der Waals surface area contributed by atoms with Crippen molar-refractivity contribution >= 4 is 23.5 Å². The molecule has 3 aromatic carbocycles. The Balaban J connectivity index is 1.38. The lowest BCUT2D eigenvalue weighted by Crippen LogP contribution is -2.59. The second-order valence-electron chi connectivity index (χ2n) is 9.28. The van der Waals surface area contributed by atoms with Gasteiger partial charge in [0.05, 0.1) is 5.92 Å². The number of carbonyl (C=O) groups excluding carboxylic acids is 1. The smallest absolute Gasteiger partial charge is 0.324 e. The Morgan fingerprint density at radius 1 is 0.971 bits per heavy atom. The fourth-order valence-electron chi connectivity index (χ4n) is 5.51. The van der Waals surface area contributed by atoms with E-state index in [0.29, 0.717) is 17.9 Å². The third-order valence-corrected chi connectivity index (χ3v) is 7.68. The molecule has 2 aliphatic rings. The van der Waals surface area contributed by atoms with Crippen LogP contribution in [0.5, 0.6) is 0 Å². The van der Waals surface area contributed by atoms with Gasteiger partial charge < -0.3 is 15.6 Å². The van der Waals surface area contributed by atoms with E-state index in [1.165, 1.54) is 0 Å². The molecule has 0 aromatic heterocycles. The number of carboxylic acid groups (broad SMARTS) is 1. The number of fused-ring (bicyclic) bond motifs is 3. The first kappa shape index (κ1) is 22.6. The van der Waals surface area contributed by atoms with Crippen LogP contribution in [0.4, 0.5) is 0 Å². The lowest BCUT2D eigenvalue weighted by molar-refractivity contribution is -0.162. The molecule has 0 amide bonds. The molecular weight excluding hydrogens is 450 g/mol. The Bertz CT molecular complexity index is 1200. The van der Waals surface area contributed by atoms with Crippen molar-refractivity contribution in [2.24, 2.45) is 11.7 Å². The maximum atomic E-state index is 13.3. The zero-order valence-electron chi connectivity index (χ0n) is 18.6. The molecule has 3 aromatic rings. The molecule has 0 heterocycles. The van der Waals surface area contributed by atoms with Gasteiger partial charge in [0.1, 0.15) is 12.1 Å². The molecule has 2 aliphatic carbocycles. The van der Waals surface area contributed by atoms with Gasteiger partial charge in [0.2, 0.25) is 0 Å². The summed E-state index contributed by atoms with van der Waals surface area (Å²) in [6, 6.07) is 23.7. The minimum absolute atomic E-state index is 0.0128. The van der Waals surface area contributed by atoms with Crippen LogP contribution in [0.1, 0.15) is 47.8 Å². The van der Waals surface area contributed by atoms with Gasteiger partial charge in [-0.3, -0.25) is 9.59 Å². The number of hydrogen-bond donors (Lipinski definition) is 2. The van der Waals surface area contributed by atoms with E-state index in [4.69, 9.17) is 22.1 Å². The van der Waals surface area contributed by atoms with E-state index in [-0.39, 0.29) is 24.9 Å². The molecule has 3 atom stereocenters. The van der Waals surface area contributed by atoms with Crippen molar-refractivity contribution in [2.45, 2.75) is 36.6 Å². The van der Waals surface area contributed by atoms with Gasteiger partial charge in [-0.25, -0.2) is 0 Å². The van der Waals surface area contributed by atoms with E-state index in [1.807, 2.05) is 36.4 Å². The third kappa shape index (κ3) is 3.89. The molecule has 3 N–H and O–H groups in total. The summed E-state index contributed by atoms with van der Waals surface area (Å²) >= 11 is 6.02. The zero-order valence-corrected chi connectivity index (χ0v) is 19.4. The van der Waals surface area contributed by atoms with Crippen LogP contribution in [0.2, 0.25) is 5.02 Å². The van der Waals surface area contributed by atoms with Gasteiger partial charge in [-0.05, 0) is 65.1 Å². The van der Waals surface area contributed by atoms with Gasteiger partial charge in [0.25, 0.3) is 0 Å². The molecule has 1 fully saturated rings. The topological polar surface area (TPSA) is 89.6 Å². The highest BCUT2D eigenvalue weighted by Gasteiger charge is 2.51.